The van der Waals surface area contributed by atoms with Crippen molar-refractivity contribution in [3.05, 3.63) is 60.0 Å². The Morgan fingerprint density at radius 3 is 2.72 bits per heavy atom. The van der Waals surface area contributed by atoms with Gasteiger partial charge in [-0.1, -0.05) is 18.2 Å². The van der Waals surface area contributed by atoms with Crippen LogP contribution in [-0.4, -0.2) is 57.1 Å². The van der Waals surface area contributed by atoms with Gasteiger partial charge >= 0.3 is 0 Å². The molecule has 128 valence electrons. The second-order valence-corrected chi connectivity index (χ2v) is 6.43. The van der Waals surface area contributed by atoms with Crippen LogP contribution in [0.2, 0.25) is 0 Å². The summed E-state index contributed by atoms with van der Waals surface area (Å²) in [6.45, 7) is 5.38. The van der Waals surface area contributed by atoms with Crippen molar-refractivity contribution in [3.8, 4) is 0 Å². The van der Waals surface area contributed by atoms with Gasteiger partial charge in [0.05, 0.1) is 17.3 Å². The minimum absolute atomic E-state index is 0.0727. The molecule has 0 saturated carbocycles. The molecule has 3 aromatic rings. The molecular formula is C19H21N5O. The Bertz CT molecular complexity index is 868. The van der Waals surface area contributed by atoms with Gasteiger partial charge in [-0.25, -0.2) is 0 Å². The van der Waals surface area contributed by atoms with Gasteiger partial charge in [0.1, 0.15) is 0 Å². The van der Waals surface area contributed by atoms with Crippen molar-refractivity contribution >= 4 is 16.8 Å². The number of hydrogen-bond acceptors (Lipinski definition) is 4. The number of pyridine rings is 1. The average Bonchev–Trinajstić information content (AvgIpc) is 3.16. The summed E-state index contributed by atoms with van der Waals surface area (Å²) in [5.41, 5.74) is 2.73. The summed E-state index contributed by atoms with van der Waals surface area (Å²) in [6, 6.07) is 10.1. The number of carbonyl (C=O) groups excluding carboxylic acids is 1. The Morgan fingerprint density at radius 2 is 1.96 bits per heavy atom. The van der Waals surface area contributed by atoms with Crippen molar-refractivity contribution < 1.29 is 4.79 Å². The predicted molar refractivity (Wildman–Crippen MR) is 96.2 cm³/mol. The number of benzene rings is 1. The number of nitrogens with zero attached hydrogens (tertiary/aromatic N) is 4. The molecule has 1 N–H and O–H groups in total. The lowest BCUT2D eigenvalue weighted by Gasteiger charge is -2.38. The largest absolute Gasteiger partial charge is 0.336 e. The van der Waals surface area contributed by atoms with Crippen molar-refractivity contribution in [2.75, 3.05) is 26.2 Å². The molecule has 4 rings (SSSR count). The molecule has 0 spiro atoms. The van der Waals surface area contributed by atoms with Gasteiger partial charge in [-0.05, 0) is 24.6 Å². The summed E-state index contributed by atoms with van der Waals surface area (Å²) in [4.78, 5) is 21.4. The Kier molecular flexibility index (Phi) is 4.19. The van der Waals surface area contributed by atoms with E-state index >= 15 is 0 Å². The first-order valence-electron chi connectivity index (χ1n) is 8.59. The van der Waals surface area contributed by atoms with Gasteiger partial charge in [-0.2, -0.15) is 5.10 Å². The first kappa shape index (κ1) is 15.8. The second kappa shape index (κ2) is 6.64. The van der Waals surface area contributed by atoms with E-state index in [2.05, 4.69) is 33.1 Å². The van der Waals surface area contributed by atoms with Crippen LogP contribution >= 0.6 is 0 Å². The Hall–Kier alpha value is -2.73. The third-order valence-corrected chi connectivity index (χ3v) is 5.02. The Balaban J connectivity index is 1.45. The zero-order chi connectivity index (χ0) is 17.2. The van der Waals surface area contributed by atoms with E-state index in [1.165, 1.54) is 5.56 Å². The minimum atomic E-state index is 0.0727. The summed E-state index contributed by atoms with van der Waals surface area (Å²) in [7, 11) is 0. The fourth-order valence-corrected chi connectivity index (χ4v) is 3.46. The van der Waals surface area contributed by atoms with Crippen LogP contribution in [0.15, 0.2) is 48.9 Å². The second-order valence-electron chi connectivity index (χ2n) is 6.43. The van der Waals surface area contributed by atoms with E-state index in [1.807, 2.05) is 35.4 Å². The van der Waals surface area contributed by atoms with Crippen LogP contribution in [0.25, 0.3) is 10.9 Å². The molecule has 1 saturated heterocycles. The summed E-state index contributed by atoms with van der Waals surface area (Å²) < 4.78 is 0. The highest BCUT2D eigenvalue weighted by Gasteiger charge is 2.26. The number of fused-ring (bicyclic) bond motifs is 1. The van der Waals surface area contributed by atoms with Crippen molar-refractivity contribution in [1.82, 2.24) is 25.0 Å². The van der Waals surface area contributed by atoms with E-state index in [0.717, 1.165) is 37.1 Å². The van der Waals surface area contributed by atoms with Crippen molar-refractivity contribution in [1.29, 1.82) is 0 Å². The maximum Gasteiger partial charge on any atom is 0.256 e. The van der Waals surface area contributed by atoms with Crippen LogP contribution in [0.3, 0.4) is 0 Å². The number of rotatable bonds is 3. The van der Waals surface area contributed by atoms with E-state index in [-0.39, 0.29) is 5.91 Å². The average molecular weight is 335 g/mol. The molecule has 1 aliphatic rings. The van der Waals surface area contributed by atoms with Gasteiger partial charge in [-0.15, -0.1) is 0 Å². The molecule has 3 heterocycles. The number of para-hydroxylation sites is 1. The van der Waals surface area contributed by atoms with Crippen LogP contribution in [0.5, 0.6) is 0 Å². The van der Waals surface area contributed by atoms with Gasteiger partial charge in [0.2, 0.25) is 0 Å². The summed E-state index contributed by atoms with van der Waals surface area (Å²) in [5.74, 6) is 0.0727. The van der Waals surface area contributed by atoms with E-state index in [4.69, 9.17) is 0 Å². The van der Waals surface area contributed by atoms with E-state index in [1.54, 1.807) is 12.4 Å². The fraction of sp³-hybridized carbons (Fsp3) is 0.316. The van der Waals surface area contributed by atoms with Gasteiger partial charge < -0.3 is 4.90 Å². The minimum Gasteiger partial charge on any atom is -0.336 e. The highest BCUT2D eigenvalue weighted by Crippen LogP contribution is 2.22. The lowest BCUT2D eigenvalue weighted by molar-refractivity contribution is 0.0583. The Labute approximate surface area is 146 Å². The number of amides is 1. The third-order valence-electron chi connectivity index (χ3n) is 5.02. The molecule has 1 aliphatic heterocycles. The quantitative estimate of drug-likeness (QED) is 0.799. The molecule has 1 atom stereocenters. The number of aromatic nitrogens is 3. The molecule has 0 aliphatic carbocycles. The fourth-order valence-electron chi connectivity index (χ4n) is 3.46. The van der Waals surface area contributed by atoms with Crippen LogP contribution in [0, 0.1) is 0 Å². The Morgan fingerprint density at radius 1 is 1.12 bits per heavy atom. The molecule has 1 amide bonds. The van der Waals surface area contributed by atoms with Crippen molar-refractivity contribution in [3.63, 3.8) is 0 Å². The third kappa shape index (κ3) is 3.00. The molecule has 0 radical (unpaired) electrons. The molecule has 25 heavy (non-hydrogen) atoms. The SMILES string of the molecule is CC(c1cccnc1)N1CCN(C(=O)c2cccc3cn[nH]c23)CC1. The maximum absolute atomic E-state index is 12.9. The van der Waals surface area contributed by atoms with Crippen LogP contribution < -0.4 is 0 Å². The summed E-state index contributed by atoms with van der Waals surface area (Å²) in [6.07, 6.45) is 5.46. The first-order valence-corrected chi connectivity index (χ1v) is 8.59. The van der Waals surface area contributed by atoms with Gasteiger partial charge in [0.25, 0.3) is 5.91 Å². The smallest absolute Gasteiger partial charge is 0.256 e. The normalized spacial score (nSPS) is 16.9. The van der Waals surface area contributed by atoms with Gasteiger partial charge in [0, 0.05) is 50.0 Å². The number of H-pyrrole nitrogens is 1. The molecule has 1 aromatic carbocycles. The van der Waals surface area contributed by atoms with E-state index < -0.39 is 0 Å². The molecule has 1 unspecified atom stereocenters. The molecule has 2 aromatic heterocycles. The molecule has 6 nitrogen and oxygen atoms in total. The summed E-state index contributed by atoms with van der Waals surface area (Å²) >= 11 is 0. The van der Waals surface area contributed by atoms with Crippen LogP contribution in [0.1, 0.15) is 28.9 Å². The van der Waals surface area contributed by atoms with E-state index in [9.17, 15) is 4.79 Å². The lowest BCUT2D eigenvalue weighted by atomic mass is 10.1. The van der Waals surface area contributed by atoms with Crippen molar-refractivity contribution in [2.45, 2.75) is 13.0 Å². The highest BCUT2D eigenvalue weighted by atomic mass is 16.2. The molecule has 1 fully saturated rings. The molecule has 0 bridgehead atoms. The van der Waals surface area contributed by atoms with Gasteiger partial charge in [-0.3, -0.25) is 19.8 Å². The monoisotopic (exact) mass is 335 g/mol. The zero-order valence-corrected chi connectivity index (χ0v) is 14.2. The molecular weight excluding hydrogens is 314 g/mol. The molecule has 6 heteroatoms. The van der Waals surface area contributed by atoms with Crippen LogP contribution in [-0.2, 0) is 0 Å². The predicted octanol–water partition coefficient (Wildman–Crippen LogP) is 2.48. The topological polar surface area (TPSA) is 65.1 Å². The number of aromatic amines is 1. The number of carbonyl (C=O) groups is 1. The number of piperazine rings is 1. The number of nitrogens with one attached hydrogen (secondary N) is 1. The standard InChI is InChI=1S/C19H21N5O/c1-14(15-5-3-7-20-12-15)23-8-10-24(11-9-23)19(25)17-6-2-4-16-13-21-22-18(16)17/h2-7,12-14H,8-11H2,1H3,(H,21,22). The first-order chi connectivity index (χ1) is 12.2. The zero-order valence-electron chi connectivity index (χ0n) is 14.2. The van der Waals surface area contributed by atoms with E-state index in [0.29, 0.717) is 11.6 Å². The van der Waals surface area contributed by atoms with Crippen molar-refractivity contribution in [2.24, 2.45) is 0 Å². The maximum atomic E-state index is 12.9. The summed E-state index contributed by atoms with van der Waals surface area (Å²) in [5, 5.41) is 7.96. The number of hydrogen-bond donors (Lipinski definition) is 1. The highest BCUT2D eigenvalue weighted by molar-refractivity contribution is 6.05. The van der Waals surface area contributed by atoms with Gasteiger partial charge in [0.15, 0.2) is 0 Å². The lowest BCUT2D eigenvalue weighted by Crippen LogP contribution is -2.49. The van der Waals surface area contributed by atoms with Crippen LogP contribution in [0.4, 0.5) is 0 Å².